The Morgan fingerprint density at radius 3 is 2.91 bits per heavy atom. The van der Waals surface area contributed by atoms with E-state index < -0.39 is 5.54 Å². The molecule has 3 N–H and O–H groups in total. The van der Waals surface area contributed by atoms with Crippen molar-refractivity contribution in [3.05, 3.63) is 47.2 Å². The summed E-state index contributed by atoms with van der Waals surface area (Å²) in [5.41, 5.74) is 2.65. The number of hydrogen-bond acceptors (Lipinski definition) is 4. The molecule has 1 amide bonds. The number of amides is 1. The lowest BCUT2D eigenvalue weighted by molar-refractivity contribution is -0.115. The molecule has 1 aliphatic carbocycles. The van der Waals surface area contributed by atoms with E-state index in [1.54, 1.807) is 11.7 Å². The van der Waals surface area contributed by atoms with Crippen LogP contribution in [0.1, 0.15) is 23.2 Å². The van der Waals surface area contributed by atoms with Gasteiger partial charge < -0.3 is 10.4 Å². The van der Waals surface area contributed by atoms with E-state index in [-0.39, 0.29) is 19.1 Å². The van der Waals surface area contributed by atoms with E-state index in [4.69, 9.17) is 0 Å². The summed E-state index contributed by atoms with van der Waals surface area (Å²) in [6.07, 6.45) is 1.70. The van der Waals surface area contributed by atoms with E-state index >= 15 is 0 Å². The molecule has 0 saturated carbocycles. The molecule has 0 radical (unpaired) electrons. The number of nitrogens with one attached hydrogen (secondary N) is 2. The highest BCUT2D eigenvalue weighted by molar-refractivity contribution is 5.91. The minimum Gasteiger partial charge on any atom is -0.394 e. The Balaban J connectivity index is 1.67. The molecule has 6 heteroatoms. The van der Waals surface area contributed by atoms with Crippen LogP contribution in [0.5, 0.6) is 0 Å². The Labute approximate surface area is 135 Å². The quantitative estimate of drug-likeness (QED) is 0.772. The average Bonchev–Trinajstić information content (AvgIpc) is 3.06. The van der Waals surface area contributed by atoms with E-state index in [2.05, 4.69) is 21.8 Å². The Morgan fingerprint density at radius 1 is 1.43 bits per heavy atom. The normalized spacial score (nSPS) is 19.6. The van der Waals surface area contributed by atoms with E-state index in [0.29, 0.717) is 5.82 Å². The summed E-state index contributed by atoms with van der Waals surface area (Å²) in [5.74, 6) is 0.518. The average molecular weight is 314 g/mol. The first kappa shape index (κ1) is 15.7. The van der Waals surface area contributed by atoms with Gasteiger partial charge in [0.1, 0.15) is 5.82 Å². The molecule has 1 unspecified atom stereocenters. The summed E-state index contributed by atoms with van der Waals surface area (Å²) in [4.78, 5) is 12.2. The number of aliphatic hydroxyl groups excluding tert-OH is 1. The van der Waals surface area contributed by atoms with Crippen LogP contribution in [-0.2, 0) is 23.8 Å². The lowest BCUT2D eigenvalue weighted by Crippen LogP contribution is -2.47. The number of rotatable bonds is 5. The Morgan fingerprint density at radius 2 is 2.22 bits per heavy atom. The summed E-state index contributed by atoms with van der Waals surface area (Å²) in [6.45, 7) is 1.99. The predicted molar refractivity (Wildman–Crippen MR) is 88.1 cm³/mol. The highest BCUT2D eigenvalue weighted by atomic mass is 16.3. The molecular weight excluding hydrogens is 292 g/mol. The maximum atomic E-state index is 12.2. The molecule has 23 heavy (non-hydrogen) atoms. The molecule has 3 rings (SSSR count). The van der Waals surface area contributed by atoms with Gasteiger partial charge >= 0.3 is 0 Å². The molecule has 1 heterocycles. The van der Waals surface area contributed by atoms with Crippen molar-refractivity contribution in [1.29, 1.82) is 0 Å². The molecule has 0 saturated heterocycles. The van der Waals surface area contributed by atoms with Crippen molar-refractivity contribution in [2.24, 2.45) is 7.05 Å². The van der Waals surface area contributed by atoms with Crippen molar-refractivity contribution in [2.75, 3.05) is 18.5 Å². The molecule has 1 aliphatic rings. The van der Waals surface area contributed by atoms with Crippen LogP contribution >= 0.6 is 0 Å². The third kappa shape index (κ3) is 3.00. The van der Waals surface area contributed by atoms with Gasteiger partial charge in [0, 0.05) is 13.1 Å². The van der Waals surface area contributed by atoms with E-state index in [1.807, 2.05) is 31.2 Å². The zero-order valence-electron chi connectivity index (χ0n) is 13.5. The van der Waals surface area contributed by atoms with Crippen LogP contribution in [0.2, 0.25) is 0 Å². The molecule has 1 aromatic carbocycles. The van der Waals surface area contributed by atoms with Crippen molar-refractivity contribution in [1.82, 2.24) is 15.1 Å². The number of carbonyl (C=O) groups is 1. The van der Waals surface area contributed by atoms with Gasteiger partial charge in [-0.2, -0.15) is 5.10 Å². The largest absolute Gasteiger partial charge is 0.394 e. The summed E-state index contributed by atoms with van der Waals surface area (Å²) in [7, 11) is 1.79. The number of aryl methyl sites for hydroxylation is 3. The monoisotopic (exact) mass is 314 g/mol. The number of nitrogens with zero attached hydrogens (tertiary/aromatic N) is 2. The summed E-state index contributed by atoms with van der Waals surface area (Å²) in [5, 5.41) is 20.2. The van der Waals surface area contributed by atoms with Crippen LogP contribution in [0.4, 0.5) is 5.82 Å². The molecule has 1 aromatic heterocycles. The van der Waals surface area contributed by atoms with Gasteiger partial charge in [-0.25, -0.2) is 0 Å². The van der Waals surface area contributed by atoms with Crippen molar-refractivity contribution in [3.63, 3.8) is 0 Å². The van der Waals surface area contributed by atoms with E-state index in [1.165, 1.54) is 5.56 Å². The standard InChI is InChI=1S/C17H22N4O2/c1-12-9-15(21(2)20-12)19-16(23)10-18-17(11-22)8-7-13-5-3-4-6-14(13)17/h3-6,9,18,22H,7-8,10-11H2,1-2H3,(H,19,23). The summed E-state index contributed by atoms with van der Waals surface area (Å²) < 4.78 is 1.64. The summed E-state index contributed by atoms with van der Waals surface area (Å²) in [6, 6.07) is 9.89. The van der Waals surface area contributed by atoms with Crippen LogP contribution in [0.15, 0.2) is 30.3 Å². The van der Waals surface area contributed by atoms with Crippen molar-refractivity contribution >= 4 is 11.7 Å². The number of aliphatic hydroxyl groups is 1. The lowest BCUT2D eigenvalue weighted by atomic mass is 9.92. The highest BCUT2D eigenvalue weighted by Gasteiger charge is 2.37. The van der Waals surface area contributed by atoms with Crippen LogP contribution in [-0.4, -0.2) is 33.9 Å². The minimum absolute atomic E-state index is 0.0257. The molecule has 6 nitrogen and oxygen atoms in total. The third-order valence-corrected chi connectivity index (χ3v) is 4.48. The number of aromatic nitrogens is 2. The van der Waals surface area contributed by atoms with Crippen LogP contribution < -0.4 is 10.6 Å². The maximum absolute atomic E-state index is 12.2. The predicted octanol–water partition coefficient (Wildman–Crippen LogP) is 1.09. The van der Waals surface area contributed by atoms with Crippen LogP contribution in [0.3, 0.4) is 0 Å². The van der Waals surface area contributed by atoms with E-state index in [9.17, 15) is 9.90 Å². The van der Waals surface area contributed by atoms with Gasteiger partial charge in [0.25, 0.3) is 0 Å². The first-order valence-corrected chi connectivity index (χ1v) is 7.79. The maximum Gasteiger partial charge on any atom is 0.239 e. The lowest BCUT2D eigenvalue weighted by Gasteiger charge is -2.29. The molecule has 1 atom stereocenters. The van der Waals surface area contributed by atoms with Gasteiger partial charge in [0.2, 0.25) is 5.91 Å². The topological polar surface area (TPSA) is 79.2 Å². The number of benzene rings is 1. The number of fused-ring (bicyclic) bond motifs is 1. The first-order chi connectivity index (χ1) is 11.0. The SMILES string of the molecule is Cc1cc(NC(=O)CNC2(CO)CCc3ccccc32)n(C)n1. The zero-order valence-corrected chi connectivity index (χ0v) is 13.5. The van der Waals surface area contributed by atoms with Gasteiger partial charge in [-0.1, -0.05) is 24.3 Å². The van der Waals surface area contributed by atoms with Gasteiger partial charge in [0.15, 0.2) is 0 Å². The van der Waals surface area contributed by atoms with Gasteiger partial charge in [-0.05, 0) is 30.9 Å². The number of hydrogen-bond donors (Lipinski definition) is 3. The van der Waals surface area contributed by atoms with Crippen molar-refractivity contribution in [3.8, 4) is 0 Å². The molecule has 0 spiro atoms. The molecule has 122 valence electrons. The van der Waals surface area contributed by atoms with Gasteiger partial charge in [-0.15, -0.1) is 0 Å². The second-order valence-corrected chi connectivity index (χ2v) is 6.09. The number of carbonyl (C=O) groups excluding carboxylic acids is 1. The van der Waals surface area contributed by atoms with Gasteiger partial charge in [-0.3, -0.25) is 14.8 Å². The second-order valence-electron chi connectivity index (χ2n) is 6.09. The van der Waals surface area contributed by atoms with Crippen molar-refractivity contribution < 1.29 is 9.90 Å². The fraction of sp³-hybridized carbons (Fsp3) is 0.412. The molecule has 0 fully saturated rings. The van der Waals surface area contributed by atoms with Crippen LogP contribution in [0, 0.1) is 6.92 Å². The zero-order chi connectivity index (χ0) is 16.4. The summed E-state index contributed by atoms with van der Waals surface area (Å²) >= 11 is 0. The van der Waals surface area contributed by atoms with Gasteiger partial charge in [0.05, 0.1) is 24.4 Å². The fourth-order valence-electron chi connectivity index (χ4n) is 3.26. The van der Waals surface area contributed by atoms with E-state index in [0.717, 1.165) is 24.1 Å². The molecule has 0 bridgehead atoms. The Bertz CT molecular complexity index is 725. The fourth-order valence-corrected chi connectivity index (χ4v) is 3.26. The molecular formula is C17H22N4O2. The van der Waals surface area contributed by atoms with Crippen LogP contribution in [0.25, 0.3) is 0 Å². The third-order valence-electron chi connectivity index (χ3n) is 4.48. The minimum atomic E-state index is -0.531. The second kappa shape index (κ2) is 6.14. The Hall–Kier alpha value is -2.18. The smallest absolute Gasteiger partial charge is 0.239 e. The first-order valence-electron chi connectivity index (χ1n) is 7.79. The van der Waals surface area contributed by atoms with Crippen molar-refractivity contribution in [2.45, 2.75) is 25.3 Å². The highest BCUT2D eigenvalue weighted by Crippen LogP contribution is 2.36. The molecule has 0 aliphatic heterocycles. The molecule has 2 aromatic rings. The Kier molecular flexibility index (Phi) is 4.19. The number of anilines is 1.